The van der Waals surface area contributed by atoms with Crippen molar-refractivity contribution in [3.8, 4) is 23.0 Å². The van der Waals surface area contributed by atoms with E-state index < -0.39 is 5.91 Å². The Hall–Kier alpha value is -4.14. The first-order valence-corrected chi connectivity index (χ1v) is 10.8. The summed E-state index contributed by atoms with van der Waals surface area (Å²) in [4.78, 5) is 12.9. The maximum absolute atomic E-state index is 12.9. The number of carbonyl (C=O) groups excluding carboxylic acids is 1. The molecule has 162 valence electrons. The van der Waals surface area contributed by atoms with Gasteiger partial charge in [-0.2, -0.15) is 10.4 Å². The zero-order chi connectivity index (χ0) is 23.2. The number of hydrogen-bond donors (Lipinski definition) is 1. The molecule has 0 aliphatic rings. The zero-order valence-corrected chi connectivity index (χ0v) is 18.7. The molecular formula is C27H21ClN4O. The van der Waals surface area contributed by atoms with Crippen LogP contribution in [0.15, 0.2) is 96.7 Å². The van der Waals surface area contributed by atoms with Crippen LogP contribution in [-0.4, -0.2) is 15.7 Å². The van der Waals surface area contributed by atoms with Crippen molar-refractivity contribution < 1.29 is 4.79 Å². The van der Waals surface area contributed by atoms with Crippen molar-refractivity contribution >= 4 is 23.6 Å². The van der Waals surface area contributed by atoms with Crippen molar-refractivity contribution in [2.75, 3.05) is 0 Å². The Kier molecular flexibility index (Phi) is 6.68. The van der Waals surface area contributed by atoms with Gasteiger partial charge in [-0.1, -0.05) is 72.3 Å². The van der Waals surface area contributed by atoms with Crippen LogP contribution in [0.2, 0.25) is 5.02 Å². The largest absolute Gasteiger partial charge is 0.345 e. The van der Waals surface area contributed by atoms with E-state index in [1.807, 2.05) is 92.0 Å². The number of benzene rings is 3. The van der Waals surface area contributed by atoms with E-state index in [0.717, 1.165) is 16.8 Å². The van der Waals surface area contributed by atoms with E-state index in [1.54, 1.807) is 22.9 Å². The van der Waals surface area contributed by atoms with Crippen molar-refractivity contribution in [2.45, 2.75) is 13.0 Å². The monoisotopic (exact) mass is 452 g/mol. The molecule has 0 saturated carbocycles. The van der Waals surface area contributed by atoms with Crippen LogP contribution in [-0.2, 0) is 4.79 Å². The van der Waals surface area contributed by atoms with Gasteiger partial charge in [-0.05, 0) is 42.8 Å². The van der Waals surface area contributed by atoms with E-state index >= 15 is 0 Å². The highest BCUT2D eigenvalue weighted by atomic mass is 35.5. The van der Waals surface area contributed by atoms with Crippen molar-refractivity contribution in [3.63, 3.8) is 0 Å². The first-order chi connectivity index (χ1) is 16.0. The van der Waals surface area contributed by atoms with Crippen molar-refractivity contribution in [1.29, 1.82) is 5.26 Å². The summed E-state index contributed by atoms with van der Waals surface area (Å²) in [5.41, 5.74) is 3.96. The number of hydrogen-bond acceptors (Lipinski definition) is 3. The highest BCUT2D eigenvalue weighted by Gasteiger charge is 2.17. The minimum Gasteiger partial charge on any atom is -0.345 e. The average Bonchev–Trinajstić information content (AvgIpc) is 3.28. The summed E-state index contributed by atoms with van der Waals surface area (Å²) >= 11 is 6.05. The van der Waals surface area contributed by atoms with Crippen LogP contribution in [0, 0.1) is 11.3 Å². The van der Waals surface area contributed by atoms with Gasteiger partial charge in [0, 0.05) is 22.3 Å². The molecule has 0 aliphatic heterocycles. The lowest BCUT2D eigenvalue weighted by atomic mass is 10.0. The molecule has 33 heavy (non-hydrogen) atoms. The molecule has 1 heterocycles. The quantitative estimate of drug-likeness (QED) is 0.289. The summed E-state index contributed by atoms with van der Waals surface area (Å²) in [6.07, 6.45) is 3.38. The highest BCUT2D eigenvalue weighted by Crippen LogP contribution is 2.27. The molecule has 5 nitrogen and oxygen atoms in total. The van der Waals surface area contributed by atoms with Gasteiger partial charge >= 0.3 is 0 Å². The smallest absolute Gasteiger partial charge is 0.262 e. The van der Waals surface area contributed by atoms with Crippen LogP contribution in [0.25, 0.3) is 23.0 Å². The lowest BCUT2D eigenvalue weighted by Crippen LogP contribution is -2.27. The fourth-order valence-corrected chi connectivity index (χ4v) is 3.57. The number of para-hydroxylation sites is 1. The maximum Gasteiger partial charge on any atom is 0.262 e. The van der Waals surface area contributed by atoms with Crippen LogP contribution in [0.4, 0.5) is 0 Å². The molecule has 0 fully saturated rings. The first-order valence-electron chi connectivity index (χ1n) is 10.4. The van der Waals surface area contributed by atoms with E-state index in [9.17, 15) is 10.1 Å². The van der Waals surface area contributed by atoms with Gasteiger partial charge in [-0.3, -0.25) is 4.79 Å². The molecule has 3 aromatic carbocycles. The molecule has 0 saturated heterocycles. The number of amides is 1. The van der Waals surface area contributed by atoms with E-state index in [4.69, 9.17) is 16.7 Å². The van der Waals surface area contributed by atoms with Gasteiger partial charge in [0.25, 0.3) is 5.91 Å². The Bertz CT molecular complexity index is 1320. The van der Waals surface area contributed by atoms with Gasteiger partial charge < -0.3 is 5.32 Å². The van der Waals surface area contributed by atoms with Crippen LogP contribution in [0.5, 0.6) is 0 Å². The summed E-state index contributed by atoms with van der Waals surface area (Å²) in [5.74, 6) is -0.441. The van der Waals surface area contributed by atoms with Crippen molar-refractivity contribution in [2.24, 2.45) is 0 Å². The van der Waals surface area contributed by atoms with E-state index in [1.165, 1.54) is 0 Å². The molecule has 1 atom stereocenters. The van der Waals surface area contributed by atoms with E-state index in [-0.39, 0.29) is 11.6 Å². The average molecular weight is 453 g/mol. The fourth-order valence-electron chi connectivity index (χ4n) is 3.44. The molecule has 4 aromatic rings. The summed E-state index contributed by atoms with van der Waals surface area (Å²) in [7, 11) is 0. The number of halogens is 1. The number of rotatable bonds is 6. The fraction of sp³-hybridized carbons (Fsp3) is 0.0741. The highest BCUT2D eigenvalue weighted by molar-refractivity contribution is 6.30. The molecule has 4 rings (SSSR count). The van der Waals surface area contributed by atoms with Gasteiger partial charge in [0.1, 0.15) is 11.6 Å². The van der Waals surface area contributed by atoms with Crippen molar-refractivity contribution in [3.05, 3.63) is 113 Å². The predicted molar refractivity (Wildman–Crippen MR) is 131 cm³/mol. The van der Waals surface area contributed by atoms with E-state index in [2.05, 4.69) is 5.32 Å². The minimum absolute atomic E-state index is 0.000561. The predicted octanol–water partition coefficient (Wildman–Crippen LogP) is 5.98. The normalized spacial score (nSPS) is 12.1. The molecule has 0 unspecified atom stereocenters. The lowest BCUT2D eigenvalue weighted by molar-refractivity contribution is -0.117. The minimum atomic E-state index is -0.441. The van der Waals surface area contributed by atoms with Crippen LogP contribution >= 0.6 is 11.6 Å². The Labute approximate surface area is 197 Å². The molecule has 1 amide bonds. The lowest BCUT2D eigenvalue weighted by Gasteiger charge is -2.13. The van der Waals surface area contributed by atoms with Gasteiger partial charge in [0.2, 0.25) is 0 Å². The topological polar surface area (TPSA) is 70.7 Å². The first kappa shape index (κ1) is 22.1. The van der Waals surface area contributed by atoms with E-state index in [0.29, 0.717) is 16.3 Å². The molecule has 0 bridgehead atoms. The van der Waals surface area contributed by atoms with Gasteiger partial charge in [-0.15, -0.1) is 0 Å². The van der Waals surface area contributed by atoms with Crippen LogP contribution in [0.3, 0.4) is 0 Å². The number of nitrogens with zero attached hydrogens (tertiary/aromatic N) is 3. The molecule has 0 radical (unpaired) electrons. The van der Waals surface area contributed by atoms with Gasteiger partial charge in [-0.25, -0.2) is 4.68 Å². The molecule has 1 N–H and O–H groups in total. The second-order valence-corrected chi connectivity index (χ2v) is 7.93. The molecule has 0 spiro atoms. The second kappa shape index (κ2) is 9.99. The third kappa shape index (κ3) is 5.20. The molecule has 0 aliphatic carbocycles. The number of carbonyl (C=O) groups is 1. The third-order valence-electron chi connectivity index (χ3n) is 5.19. The molecular weight excluding hydrogens is 432 g/mol. The Morgan fingerprint density at radius 2 is 1.67 bits per heavy atom. The summed E-state index contributed by atoms with van der Waals surface area (Å²) in [6.45, 7) is 1.88. The Morgan fingerprint density at radius 1 is 1.03 bits per heavy atom. The summed E-state index contributed by atoms with van der Waals surface area (Å²) in [6, 6.07) is 28.3. The second-order valence-electron chi connectivity index (χ2n) is 7.50. The SMILES string of the molecule is C[C@H](NC(=O)/C(C#N)=C/c1cn(-c2ccccc2)nc1-c1ccc(Cl)cc1)c1ccccc1. The third-order valence-corrected chi connectivity index (χ3v) is 5.45. The standard InChI is InChI=1S/C27H21ClN4O/c1-19(20-8-4-2-5-9-20)30-27(33)22(17-29)16-23-18-32(25-10-6-3-7-11-25)31-26(23)21-12-14-24(28)15-13-21/h2-16,18-19H,1H3,(H,30,33)/b22-16+/t19-/m0/s1. The van der Waals surface area contributed by atoms with Gasteiger partial charge in [0.15, 0.2) is 0 Å². The number of nitrogens with one attached hydrogen (secondary N) is 1. The molecule has 6 heteroatoms. The Balaban J connectivity index is 1.71. The summed E-state index contributed by atoms with van der Waals surface area (Å²) < 4.78 is 1.73. The van der Waals surface area contributed by atoms with Crippen molar-refractivity contribution in [1.82, 2.24) is 15.1 Å². The summed E-state index contributed by atoms with van der Waals surface area (Å²) in [5, 5.41) is 18.0. The Morgan fingerprint density at radius 3 is 2.30 bits per heavy atom. The maximum atomic E-state index is 12.9. The van der Waals surface area contributed by atoms with Gasteiger partial charge in [0.05, 0.1) is 17.4 Å². The zero-order valence-electron chi connectivity index (χ0n) is 17.9. The number of aromatic nitrogens is 2. The van der Waals surface area contributed by atoms with Crippen LogP contribution in [0.1, 0.15) is 24.1 Å². The molecule has 1 aromatic heterocycles. The number of nitriles is 1. The van der Waals surface area contributed by atoms with Crippen LogP contribution < -0.4 is 5.32 Å².